The maximum atomic E-state index is 11.7. The SMILES string of the molecule is CCN1CCOC(CNCCOCC(F)F)C1. The fourth-order valence-electron chi connectivity index (χ4n) is 1.77. The van der Waals surface area contributed by atoms with E-state index in [0.717, 1.165) is 32.8 Å². The highest BCUT2D eigenvalue weighted by molar-refractivity contribution is 4.72. The van der Waals surface area contributed by atoms with Crippen LogP contribution in [-0.2, 0) is 9.47 Å². The fraction of sp³-hybridized carbons (Fsp3) is 1.00. The van der Waals surface area contributed by atoms with Gasteiger partial charge in [-0.3, -0.25) is 4.90 Å². The molecular formula is C11H22F2N2O2. The molecule has 0 spiro atoms. The van der Waals surface area contributed by atoms with E-state index in [-0.39, 0.29) is 6.10 Å². The van der Waals surface area contributed by atoms with E-state index >= 15 is 0 Å². The van der Waals surface area contributed by atoms with E-state index in [1.54, 1.807) is 0 Å². The smallest absolute Gasteiger partial charge is 0.261 e. The fourth-order valence-corrected chi connectivity index (χ4v) is 1.77. The van der Waals surface area contributed by atoms with Crippen molar-refractivity contribution in [2.45, 2.75) is 19.5 Å². The number of nitrogens with zero attached hydrogens (tertiary/aromatic N) is 1. The highest BCUT2D eigenvalue weighted by Gasteiger charge is 2.18. The van der Waals surface area contributed by atoms with Crippen molar-refractivity contribution in [1.82, 2.24) is 10.2 Å². The summed E-state index contributed by atoms with van der Waals surface area (Å²) in [6, 6.07) is 0. The maximum Gasteiger partial charge on any atom is 0.261 e. The quantitative estimate of drug-likeness (QED) is 0.641. The molecule has 102 valence electrons. The van der Waals surface area contributed by atoms with Crippen LogP contribution in [-0.4, -0.2) is 70.0 Å². The summed E-state index contributed by atoms with van der Waals surface area (Å²) in [5.74, 6) is 0. The Morgan fingerprint density at radius 3 is 3.06 bits per heavy atom. The van der Waals surface area contributed by atoms with Crippen LogP contribution in [0.2, 0.25) is 0 Å². The van der Waals surface area contributed by atoms with Crippen molar-refractivity contribution >= 4 is 0 Å². The average Bonchev–Trinajstić information content (AvgIpc) is 2.33. The van der Waals surface area contributed by atoms with Crippen molar-refractivity contribution in [2.24, 2.45) is 0 Å². The van der Waals surface area contributed by atoms with Crippen LogP contribution in [0.15, 0.2) is 0 Å². The van der Waals surface area contributed by atoms with E-state index in [9.17, 15) is 8.78 Å². The van der Waals surface area contributed by atoms with Gasteiger partial charge in [0.2, 0.25) is 0 Å². The number of halogens is 2. The molecule has 0 radical (unpaired) electrons. The summed E-state index contributed by atoms with van der Waals surface area (Å²) in [6.45, 7) is 7.02. The summed E-state index contributed by atoms with van der Waals surface area (Å²) >= 11 is 0. The van der Waals surface area contributed by atoms with Crippen molar-refractivity contribution in [2.75, 3.05) is 52.5 Å². The Labute approximate surface area is 101 Å². The lowest BCUT2D eigenvalue weighted by Crippen LogP contribution is -2.46. The molecule has 0 aromatic rings. The number of likely N-dealkylation sites (N-methyl/N-ethyl adjacent to an activating group) is 1. The van der Waals surface area contributed by atoms with Gasteiger partial charge < -0.3 is 14.8 Å². The highest BCUT2D eigenvalue weighted by atomic mass is 19.3. The van der Waals surface area contributed by atoms with Gasteiger partial charge in [-0.05, 0) is 6.54 Å². The lowest BCUT2D eigenvalue weighted by molar-refractivity contribution is -0.0267. The summed E-state index contributed by atoms with van der Waals surface area (Å²) in [5.41, 5.74) is 0. The van der Waals surface area contributed by atoms with Crippen LogP contribution in [0.4, 0.5) is 8.78 Å². The normalized spacial score (nSPS) is 22.2. The van der Waals surface area contributed by atoms with Crippen molar-refractivity contribution in [3.8, 4) is 0 Å². The third-order valence-electron chi connectivity index (χ3n) is 2.71. The standard InChI is InChI=1S/C11H22F2N2O2/c1-2-15-4-6-17-10(8-15)7-14-3-5-16-9-11(12)13/h10-11,14H,2-9H2,1H3. The molecule has 1 fully saturated rings. The molecule has 0 bridgehead atoms. The van der Waals surface area contributed by atoms with Crippen molar-refractivity contribution < 1.29 is 18.3 Å². The van der Waals surface area contributed by atoms with E-state index in [1.165, 1.54) is 0 Å². The van der Waals surface area contributed by atoms with Gasteiger partial charge in [-0.25, -0.2) is 8.78 Å². The van der Waals surface area contributed by atoms with Crippen molar-refractivity contribution in [3.05, 3.63) is 0 Å². The Balaban J connectivity index is 1.95. The van der Waals surface area contributed by atoms with Gasteiger partial charge in [0.15, 0.2) is 0 Å². The zero-order chi connectivity index (χ0) is 12.5. The van der Waals surface area contributed by atoms with Gasteiger partial charge in [-0.15, -0.1) is 0 Å². The minimum atomic E-state index is -2.38. The molecular weight excluding hydrogens is 230 g/mol. The number of alkyl halides is 2. The first-order valence-corrected chi connectivity index (χ1v) is 6.13. The molecule has 0 aliphatic carbocycles. The summed E-state index contributed by atoms with van der Waals surface area (Å²) in [4.78, 5) is 2.34. The lowest BCUT2D eigenvalue weighted by atomic mass is 10.2. The predicted molar refractivity (Wildman–Crippen MR) is 61.5 cm³/mol. The van der Waals surface area contributed by atoms with Crippen LogP contribution in [0, 0.1) is 0 Å². The van der Waals surface area contributed by atoms with E-state index in [0.29, 0.717) is 13.2 Å². The zero-order valence-corrected chi connectivity index (χ0v) is 10.3. The van der Waals surface area contributed by atoms with E-state index < -0.39 is 13.0 Å². The van der Waals surface area contributed by atoms with Gasteiger partial charge >= 0.3 is 0 Å². The molecule has 6 heteroatoms. The van der Waals surface area contributed by atoms with Crippen LogP contribution in [0.5, 0.6) is 0 Å². The average molecular weight is 252 g/mol. The molecule has 1 atom stereocenters. The summed E-state index contributed by atoms with van der Waals surface area (Å²) < 4.78 is 33.8. The Morgan fingerprint density at radius 2 is 2.35 bits per heavy atom. The molecule has 1 aliphatic rings. The predicted octanol–water partition coefficient (Wildman–Crippen LogP) is 0.578. The van der Waals surface area contributed by atoms with Gasteiger partial charge in [0.25, 0.3) is 6.43 Å². The Morgan fingerprint density at radius 1 is 1.53 bits per heavy atom. The number of morpholine rings is 1. The summed E-state index contributed by atoms with van der Waals surface area (Å²) in [6.07, 6.45) is -2.19. The van der Waals surface area contributed by atoms with Crippen LogP contribution in [0.25, 0.3) is 0 Å². The molecule has 17 heavy (non-hydrogen) atoms. The first kappa shape index (κ1) is 14.8. The van der Waals surface area contributed by atoms with Gasteiger partial charge in [0.05, 0.1) is 19.3 Å². The number of nitrogens with one attached hydrogen (secondary N) is 1. The summed E-state index contributed by atoms with van der Waals surface area (Å²) in [7, 11) is 0. The molecule has 1 aliphatic heterocycles. The first-order valence-electron chi connectivity index (χ1n) is 6.13. The second-order valence-electron chi connectivity index (χ2n) is 4.06. The molecule has 0 aromatic heterocycles. The largest absolute Gasteiger partial charge is 0.374 e. The third-order valence-corrected chi connectivity index (χ3v) is 2.71. The van der Waals surface area contributed by atoms with E-state index in [2.05, 4.69) is 17.1 Å². The molecule has 1 rings (SSSR count). The Kier molecular flexibility index (Phi) is 7.59. The molecule has 4 nitrogen and oxygen atoms in total. The number of rotatable bonds is 8. The Bertz CT molecular complexity index is 196. The van der Waals surface area contributed by atoms with Gasteiger partial charge in [0.1, 0.15) is 6.61 Å². The minimum absolute atomic E-state index is 0.193. The van der Waals surface area contributed by atoms with Gasteiger partial charge in [0, 0.05) is 26.2 Å². The number of ether oxygens (including phenoxy) is 2. The van der Waals surface area contributed by atoms with Crippen molar-refractivity contribution in [3.63, 3.8) is 0 Å². The van der Waals surface area contributed by atoms with E-state index in [4.69, 9.17) is 9.47 Å². The van der Waals surface area contributed by atoms with Crippen LogP contribution < -0.4 is 5.32 Å². The van der Waals surface area contributed by atoms with Crippen LogP contribution >= 0.6 is 0 Å². The number of hydrogen-bond acceptors (Lipinski definition) is 4. The third kappa shape index (κ3) is 6.88. The van der Waals surface area contributed by atoms with E-state index in [1.807, 2.05) is 0 Å². The minimum Gasteiger partial charge on any atom is -0.374 e. The number of hydrogen-bond donors (Lipinski definition) is 1. The molecule has 1 saturated heterocycles. The summed E-state index contributed by atoms with van der Waals surface area (Å²) in [5, 5.41) is 3.15. The zero-order valence-electron chi connectivity index (χ0n) is 10.3. The second kappa shape index (κ2) is 8.74. The van der Waals surface area contributed by atoms with Crippen LogP contribution in [0.3, 0.4) is 0 Å². The van der Waals surface area contributed by atoms with Gasteiger partial charge in [-0.1, -0.05) is 6.92 Å². The molecule has 1 unspecified atom stereocenters. The lowest BCUT2D eigenvalue weighted by Gasteiger charge is -2.32. The molecule has 0 aromatic carbocycles. The molecule has 0 amide bonds. The monoisotopic (exact) mass is 252 g/mol. The second-order valence-corrected chi connectivity index (χ2v) is 4.06. The molecule has 1 N–H and O–H groups in total. The highest BCUT2D eigenvalue weighted by Crippen LogP contribution is 2.03. The van der Waals surface area contributed by atoms with Crippen molar-refractivity contribution in [1.29, 1.82) is 0 Å². The topological polar surface area (TPSA) is 33.7 Å². The molecule has 0 saturated carbocycles. The van der Waals surface area contributed by atoms with Crippen LogP contribution in [0.1, 0.15) is 6.92 Å². The molecule has 1 heterocycles. The maximum absolute atomic E-state index is 11.7. The Hall–Kier alpha value is -0.300. The van der Waals surface area contributed by atoms with Gasteiger partial charge in [-0.2, -0.15) is 0 Å². The first-order chi connectivity index (χ1) is 8.22.